The van der Waals surface area contributed by atoms with E-state index < -0.39 is 5.97 Å². The van der Waals surface area contributed by atoms with Crippen molar-refractivity contribution in [2.24, 2.45) is 0 Å². The third kappa shape index (κ3) is 4.51. The first-order chi connectivity index (χ1) is 13.9. The van der Waals surface area contributed by atoms with Crippen molar-refractivity contribution in [3.8, 4) is 11.3 Å². The average Bonchev–Trinajstić information content (AvgIpc) is 3.01. The number of amides is 1. The summed E-state index contributed by atoms with van der Waals surface area (Å²) in [5, 5.41) is 2.79. The van der Waals surface area contributed by atoms with Gasteiger partial charge in [-0.05, 0) is 68.3 Å². The third-order valence-corrected chi connectivity index (χ3v) is 4.57. The highest BCUT2D eigenvalue weighted by Crippen LogP contribution is 2.27. The number of nitrogens with zero attached hydrogens (tertiary/aromatic N) is 2. The van der Waals surface area contributed by atoms with Crippen molar-refractivity contribution in [3.63, 3.8) is 0 Å². The standard InChI is InChI=1S/C22H22FN3O3/c1-4-29-22(28)18-12-19(16-7-9-17(23)10-8-16)26(15(18)3)13-20(27)25-21-14(2)6-5-11-24-21/h5-12H,4,13H2,1-3H3,(H,24,25,27). The minimum atomic E-state index is -0.465. The predicted octanol–water partition coefficient (Wildman–Crippen LogP) is 4.12. The van der Waals surface area contributed by atoms with E-state index in [9.17, 15) is 14.0 Å². The summed E-state index contributed by atoms with van der Waals surface area (Å²) in [6.45, 7) is 5.54. The molecule has 0 atom stereocenters. The maximum Gasteiger partial charge on any atom is 0.339 e. The number of carbonyl (C=O) groups is 2. The SMILES string of the molecule is CCOC(=O)c1cc(-c2ccc(F)cc2)n(CC(=O)Nc2ncccc2C)c1C. The first kappa shape index (κ1) is 20.3. The number of aryl methyl sites for hydroxylation is 1. The molecule has 2 heterocycles. The molecule has 0 unspecified atom stereocenters. The number of esters is 1. The molecule has 0 saturated carbocycles. The topological polar surface area (TPSA) is 73.2 Å². The zero-order chi connectivity index (χ0) is 21.0. The van der Waals surface area contributed by atoms with Crippen molar-refractivity contribution in [1.29, 1.82) is 0 Å². The summed E-state index contributed by atoms with van der Waals surface area (Å²) in [6, 6.07) is 11.2. The monoisotopic (exact) mass is 395 g/mol. The van der Waals surface area contributed by atoms with Crippen molar-refractivity contribution in [2.45, 2.75) is 27.3 Å². The molecule has 0 bridgehead atoms. The van der Waals surface area contributed by atoms with Crippen LogP contribution in [0.4, 0.5) is 10.2 Å². The molecule has 3 rings (SSSR count). The number of rotatable bonds is 6. The van der Waals surface area contributed by atoms with Crippen LogP contribution >= 0.6 is 0 Å². The largest absolute Gasteiger partial charge is 0.462 e. The van der Waals surface area contributed by atoms with Crippen molar-refractivity contribution in [1.82, 2.24) is 9.55 Å². The van der Waals surface area contributed by atoms with Crippen LogP contribution in [-0.4, -0.2) is 28.0 Å². The highest BCUT2D eigenvalue weighted by Gasteiger charge is 2.21. The number of benzene rings is 1. The number of pyridine rings is 1. The molecule has 0 aliphatic carbocycles. The summed E-state index contributed by atoms with van der Waals surface area (Å²) in [5.41, 5.74) is 3.12. The molecule has 29 heavy (non-hydrogen) atoms. The Bertz CT molecular complexity index is 1040. The van der Waals surface area contributed by atoms with E-state index in [4.69, 9.17) is 4.74 Å². The summed E-state index contributed by atoms with van der Waals surface area (Å²) in [5.74, 6) is -0.633. The molecule has 7 heteroatoms. The number of hydrogen-bond acceptors (Lipinski definition) is 4. The van der Waals surface area contributed by atoms with E-state index in [-0.39, 0.29) is 24.9 Å². The van der Waals surface area contributed by atoms with Crippen LogP contribution in [0.2, 0.25) is 0 Å². The fourth-order valence-corrected chi connectivity index (χ4v) is 3.06. The number of nitrogens with one attached hydrogen (secondary N) is 1. The number of aromatic nitrogens is 2. The zero-order valence-electron chi connectivity index (χ0n) is 16.5. The van der Waals surface area contributed by atoms with E-state index in [0.29, 0.717) is 28.3 Å². The second kappa shape index (κ2) is 8.68. The molecule has 0 fully saturated rings. The fraction of sp³-hybridized carbons (Fsp3) is 0.227. The maximum absolute atomic E-state index is 13.4. The third-order valence-electron chi connectivity index (χ3n) is 4.57. The molecule has 2 aromatic heterocycles. The summed E-state index contributed by atoms with van der Waals surface area (Å²) in [7, 11) is 0. The molecule has 6 nitrogen and oxygen atoms in total. The highest BCUT2D eigenvalue weighted by atomic mass is 19.1. The molecular formula is C22H22FN3O3. The van der Waals surface area contributed by atoms with Crippen LogP contribution in [0.5, 0.6) is 0 Å². The van der Waals surface area contributed by atoms with Gasteiger partial charge in [0.25, 0.3) is 0 Å². The molecule has 150 valence electrons. The molecule has 0 saturated heterocycles. The molecule has 1 aromatic carbocycles. The van der Waals surface area contributed by atoms with Crippen LogP contribution < -0.4 is 5.32 Å². The van der Waals surface area contributed by atoms with E-state index >= 15 is 0 Å². The van der Waals surface area contributed by atoms with Gasteiger partial charge in [0.05, 0.1) is 12.2 Å². The van der Waals surface area contributed by atoms with Gasteiger partial charge in [0.15, 0.2) is 0 Å². The lowest BCUT2D eigenvalue weighted by atomic mass is 10.1. The Morgan fingerprint density at radius 1 is 1.17 bits per heavy atom. The Morgan fingerprint density at radius 3 is 2.55 bits per heavy atom. The van der Waals surface area contributed by atoms with E-state index in [1.54, 1.807) is 48.9 Å². The lowest BCUT2D eigenvalue weighted by Gasteiger charge is -2.13. The van der Waals surface area contributed by atoms with Crippen LogP contribution in [0, 0.1) is 19.7 Å². The molecule has 3 aromatic rings. The van der Waals surface area contributed by atoms with Gasteiger partial charge in [0, 0.05) is 17.6 Å². The Labute approximate surface area is 168 Å². The van der Waals surface area contributed by atoms with Crippen LogP contribution in [-0.2, 0) is 16.1 Å². The van der Waals surface area contributed by atoms with Crippen molar-refractivity contribution in [2.75, 3.05) is 11.9 Å². The van der Waals surface area contributed by atoms with Gasteiger partial charge in [-0.25, -0.2) is 14.2 Å². The van der Waals surface area contributed by atoms with Gasteiger partial charge in [-0.1, -0.05) is 6.07 Å². The van der Waals surface area contributed by atoms with Crippen LogP contribution in [0.1, 0.15) is 28.5 Å². The molecule has 0 aliphatic heterocycles. The van der Waals surface area contributed by atoms with Gasteiger partial charge in [-0.15, -0.1) is 0 Å². The summed E-state index contributed by atoms with van der Waals surface area (Å²) < 4.78 is 20.2. The first-order valence-electron chi connectivity index (χ1n) is 9.25. The van der Waals surface area contributed by atoms with E-state index in [1.165, 1.54) is 12.1 Å². The van der Waals surface area contributed by atoms with Crippen molar-refractivity contribution in [3.05, 3.63) is 71.3 Å². The van der Waals surface area contributed by atoms with Gasteiger partial charge >= 0.3 is 5.97 Å². The van der Waals surface area contributed by atoms with E-state index in [0.717, 1.165) is 5.56 Å². The Morgan fingerprint density at radius 2 is 1.90 bits per heavy atom. The minimum absolute atomic E-state index is 0.0338. The van der Waals surface area contributed by atoms with Crippen LogP contribution in [0.25, 0.3) is 11.3 Å². The lowest BCUT2D eigenvalue weighted by molar-refractivity contribution is -0.116. The molecule has 0 aliphatic rings. The lowest BCUT2D eigenvalue weighted by Crippen LogP contribution is -2.21. The number of carbonyl (C=O) groups excluding carboxylic acids is 2. The molecule has 0 spiro atoms. The fourth-order valence-electron chi connectivity index (χ4n) is 3.06. The minimum Gasteiger partial charge on any atom is -0.462 e. The number of anilines is 1. The summed E-state index contributed by atoms with van der Waals surface area (Å²) in [4.78, 5) is 29.2. The molecule has 0 radical (unpaired) electrons. The van der Waals surface area contributed by atoms with Crippen LogP contribution in [0.3, 0.4) is 0 Å². The van der Waals surface area contributed by atoms with E-state index in [1.807, 2.05) is 13.0 Å². The van der Waals surface area contributed by atoms with Gasteiger partial charge < -0.3 is 14.6 Å². The zero-order valence-corrected chi connectivity index (χ0v) is 16.5. The van der Waals surface area contributed by atoms with Crippen molar-refractivity contribution < 1.29 is 18.7 Å². The predicted molar refractivity (Wildman–Crippen MR) is 108 cm³/mol. The van der Waals surface area contributed by atoms with Gasteiger partial charge in [0.2, 0.25) is 5.91 Å². The second-order valence-electron chi connectivity index (χ2n) is 6.56. The summed E-state index contributed by atoms with van der Waals surface area (Å²) in [6.07, 6.45) is 1.60. The maximum atomic E-state index is 13.4. The summed E-state index contributed by atoms with van der Waals surface area (Å²) >= 11 is 0. The number of hydrogen-bond donors (Lipinski definition) is 1. The first-order valence-corrected chi connectivity index (χ1v) is 9.25. The molecular weight excluding hydrogens is 373 g/mol. The number of halogens is 1. The van der Waals surface area contributed by atoms with Gasteiger partial charge in [0.1, 0.15) is 18.2 Å². The van der Waals surface area contributed by atoms with E-state index in [2.05, 4.69) is 10.3 Å². The van der Waals surface area contributed by atoms with Crippen molar-refractivity contribution >= 4 is 17.7 Å². The molecule has 1 amide bonds. The smallest absolute Gasteiger partial charge is 0.339 e. The highest BCUT2D eigenvalue weighted by molar-refractivity contribution is 5.94. The van der Waals surface area contributed by atoms with Gasteiger partial charge in [-0.2, -0.15) is 0 Å². The van der Waals surface area contributed by atoms with Gasteiger partial charge in [-0.3, -0.25) is 4.79 Å². The Balaban J connectivity index is 1.97. The Hall–Kier alpha value is -3.48. The molecule has 1 N–H and O–H groups in total. The number of ether oxygens (including phenoxy) is 1. The quantitative estimate of drug-likeness (QED) is 0.637. The van der Waals surface area contributed by atoms with Crippen LogP contribution in [0.15, 0.2) is 48.7 Å². The second-order valence-corrected chi connectivity index (χ2v) is 6.56. The normalized spacial score (nSPS) is 10.6. The Kier molecular flexibility index (Phi) is 6.07. The average molecular weight is 395 g/mol.